The predicted octanol–water partition coefficient (Wildman–Crippen LogP) is 4.10. The molecule has 0 saturated heterocycles. The SMILES string of the molecule is Nc1ccc(Oc2cc(F)ccc2F)c(Br)c1. The van der Waals surface area contributed by atoms with Crippen molar-refractivity contribution in [2.45, 2.75) is 0 Å². The van der Waals surface area contributed by atoms with Crippen LogP contribution < -0.4 is 10.5 Å². The van der Waals surface area contributed by atoms with Gasteiger partial charge in [-0.2, -0.15) is 0 Å². The number of nitrogen functional groups attached to an aromatic ring is 1. The normalized spacial score (nSPS) is 10.3. The predicted molar refractivity (Wildman–Crippen MR) is 65.0 cm³/mol. The van der Waals surface area contributed by atoms with E-state index in [1.54, 1.807) is 18.2 Å². The van der Waals surface area contributed by atoms with Gasteiger partial charge in [-0.3, -0.25) is 0 Å². The number of hydrogen-bond acceptors (Lipinski definition) is 2. The van der Waals surface area contributed by atoms with E-state index in [4.69, 9.17) is 10.5 Å². The Morgan fingerprint density at radius 1 is 1.00 bits per heavy atom. The maximum Gasteiger partial charge on any atom is 0.166 e. The van der Waals surface area contributed by atoms with Crippen molar-refractivity contribution in [1.29, 1.82) is 0 Å². The Hall–Kier alpha value is -1.62. The van der Waals surface area contributed by atoms with E-state index in [0.29, 0.717) is 15.9 Å². The fourth-order valence-electron chi connectivity index (χ4n) is 1.27. The average Bonchev–Trinajstić information content (AvgIpc) is 2.27. The standard InChI is InChI=1S/C12H8BrF2NO/c13-9-6-8(16)2-4-11(9)17-12-5-7(14)1-3-10(12)15/h1-6H,16H2. The first kappa shape index (κ1) is 11.9. The van der Waals surface area contributed by atoms with Crippen molar-refractivity contribution in [2.24, 2.45) is 0 Å². The van der Waals surface area contributed by atoms with E-state index < -0.39 is 11.6 Å². The molecule has 0 amide bonds. The molecule has 17 heavy (non-hydrogen) atoms. The molecule has 0 aliphatic rings. The zero-order valence-corrected chi connectivity index (χ0v) is 10.2. The van der Waals surface area contributed by atoms with Crippen molar-refractivity contribution in [2.75, 3.05) is 5.73 Å². The topological polar surface area (TPSA) is 35.2 Å². The molecule has 88 valence electrons. The third-order valence-electron chi connectivity index (χ3n) is 2.07. The molecule has 0 heterocycles. The highest BCUT2D eigenvalue weighted by Gasteiger charge is 2.08. The molecule has 0 unspecified atom stereocenters. The first-order chi connectivity index (χ1) is 8.06. The summed E-state index contributed by atoms with van der Waals surface area (Å²) in [4.78, 5) is 0. The fourth-order valence-corrected chi connectivity index (χ4v) is 1.75. The zero-order valence-electron chi connectivity index (χ0n) is 8.58. The van der Waals surface area contributed by atoms with E-state index in [0.717, 1.165) is 18.2 Å². The molecule has 0 bridgehead atoms. The van der Waals surface area contributed by atoms with Gasteiger partial charge in [0.15, 0.2) is 11.6 Å². The number of anilines is 1. The molecule has 5 heteroatoms. The smallest absolute Gasteiger partial charge is 0.166 e. The number of benzene rings is 2. The van der Waals surface area contributed by atoms with Crippen LogP contribution >= 0.6 is 15.9 Å². The summed E-state index contributed by atoms with van der Waals surface area (Å²) in [5.41, 5.74) is 6.10. The van der Waals surface area contributed by atoms with Gasteiger partial charge in [0.2, 0.25) is 0 Å². The molecule has 0 aliphatic heterocycles. The van der Waals surface area contributed by atoms with Crippen molar-refractivity contribution in [3.8, 4) is 11.5 Å². The Bertz CT molecular complexity index is 560. The maximum absolute atomic E-state index is 13.3. The second-order valence-electron chi connectivity index (χ2n) is 3.37. The van der Waals surface area contributed by atoms with Crippen LogP contribution in [-0.2, 0) is 0 Å². The van der Waals surface area contributed by atoms with E-state index in [1.165, 1.54) is 0 Å². The van der Waals surface area contributed by atoms with Crippen LogP contribution in [0.15, 0.2) is 40.9 Å². The molecular weight excluding hydrogens is 292 g/mol. The fraction of sp³-hybridized carbons (Fsp3) is 0. The van der Waals surface area contributed by atoms with Gasteiger partial charge >= 0.3 is 0 Å². The Morgan fingerprint density at radius 3 is 2.47 bits per heavy atom. The summed E-state index contributed by atoms with van der Waals surface area (Å²) in [5, 5.41) is 0. The van der Waals surface area contributed by atoms with Gasteiger partial charge in [-0.05, 0) is 46.3 Å². The third-order valence-corrected chi connectivity index (χ3v) is 2.69. The molecular formula is C12H8BrF2NO. The van der Waals surface area contributed by atoms with Crippen LogP contribution in [0.2, 0.25) is 0 Å². The molecule has 0 spiro atoms. The minimum absolute atomic E-state index is 0.171. The van der Waals surface area contributed by atoms with Gasteiger partial charge in [-0.1, -0.05) is 0 Å². The molecule has 0 saturated carbocycles. The van der Waals surface area contributed by atoms with Crippen molar-refractivity contribution < 1.29 is 13.5 Å². The zero-order chi connectivity index (χ0) is 12.4. The van der Waals surface area contributed by atoms with Gasteiger partial charge in [0, 0.05) is 11.8 Å². The van der Waals surface area contributed by atoms with Gasteiger partial charge in [0.25, 0.3) is 0 Å². The first-order valence-electron chi connectivity index (χ1n) is 4.74. The molecule has 2 aromatic rings. The van der Waals surface area contributed by atoms with Crippen LogP contribution in [0.5, 0.6) is 11.5 Å². The average molecular weight is 300 g/mol. The summed E-state index contributed by atoms with van der Waals surface area (Å²) in [6.07, 6.45) is 0. The van der Waals surface area contributed by atoms with E-state index in [9.17, 15) is 8.78 Å². The molecule has 0 fully saturated rings. The highest BCUT2D eigenvalue weighted by molar-refractivity contribution is 9.10. The lowest BCUT2D eigenvalue weighted by Gasteiger charge is -2.09. The van der Waals surface area contributed by atoms with Gasteiger partial charge in [-0.25, -0.2) is 8.78 Å². The molecule has 2 aromatic carbocycles. The van der Waals surface area contributed by atoms with Crippen LogP contribution in [0.3, 0.4) is 0 Å². The van der Waals surface area contributed by atoms with Crippen molar-refractivity contribution >= 4 is 21.6 Å². The molecule has 2 rings (SSSR count). The van der Waals surface area contributed by atoms with Crippen LogP contribution in [0.25, 0.3) is 0 Å². The van der Waals surface area contributed by atoms with E-state index in [1.807, 2.05) is 0 Å². The number of hydrogen-bond donors (Lipinski definition) is 1. The summed E-state index contributed by atoms with van der Waals surface area (Å²) in [6, 6.07) is 7.82. The van der Waals surface area contributed by atoms with E-state index in [2.05, 4.69) is 15.9 Å². The Balaban J connectivity index is 2.34. The quantitative estimate of drug-likeness (QED) is 0.847. The van der Waals surface area contributed by atoms with Crippen molar-refractivity contribution in [3.63, 3.8) is 0 Å². The Morgan fingerprint density at radius 2 is 1.76 bits per heavy atom. The number of halogens is 3. The largest absolute Gasteiger partial charge is 0.453 e. The van der Waals surface area contributed by atoms with Crippen molar-refractivity contribution in [3.05, 3.63) is 52.5 Å². The highest BCUT2D eigenvalue weighted by Crippen LogP contribution is 2.32. The lowest BCUT2D eigenvalue weighted by Crippen LogP contribution is -1.91. The van der Waals surface area contributed by atoms with Gasteiger partial charge in [0.1, 0.15) is 11.6 Å². The maximum atomic E-state index is 13.3. The molecule has 2 nitrogen and oxygen atoms in total. The van der Waals surface area contributed by atoms with Crippen LogP contribution in [0, 0.1) is 11.6 Å². The van der Waals surface area contributed by atoms with E-state index in [-0.39, 0.29) is 5.75 Å². The lowest BCUT2D eigenvalue weighted by molar-refractivity contribution is 0.434. The second kappa shape index (κ2) is 4.71. The number of nitrogens with two attached hydrogens (primary N) is 1. The van der Waals surface area contributed by atoms with Crippen molar-refractivity contribution in [1.82, 2.24) is 0 Å². The summed E-state index contributed by atoms with van der Waals surface area (Å²) in [5.74, 6) is -0.998. The molecule has 0 radical (unpaired) electrons. The van der Waals surface area contributed by atoms with Crippen LogP contribution in [-0.4, -0.2) is 0 Å². The molecule has 0 aromatic heterocycles. The monoisotopic (exact) mass is 299 g/mol. The second-order valence-corrected chi connectivity index (χ2v) is 4.22. The van der Waals surface area contributed by atoms with Gasteiger partial charge < -0.3 is 10.5 Å². The Kier molecular flexibility index (Phi) is 3.28. The lowest BCUT2D eigenvalue weighted by atomic mass is 10.3. The van der Waals surface area contributed by atoms with Crippen LogP contribution in [0.1, 0.15) is 0 Å². The summed E-state index contributed by atoms with van der Waals surface area (Å²) in [6.45, 7) is 0. The number of rotatable bonds is 2. The number of ether oxygens (including phenoxy) is 1. The Labute approximate surface area is 105 Å². The van der Waals surface area contributed by atoms with Gasteiger partial charge in [0.05, 0.1) is 4.47 Å². The highest BCUT2D eigenvalue weighted by atomic mass is 79.9. The molecule has 0 atom stereocenters. The van der Waals surface area contributed by atoms with E-state index >= 15 is 0 Å². The summed E-state index contributed by atoms with van der Waals surface area (Å²) in [7, 11) is 0. The summed E-state index contributed by atoms with van der Waals surface area (Å²) >= 11 is 3.23. The third kappa shape index (κ3) is 2.74. The summed E-state index contributed by atoms with van der Waals surface area (Å²) < 4.78 is 32.1. The van der Waals surface area contributed by atoms with Crippen LogP contribution in [0.4, 0.5) is 14.5 Å². The van der Waals surface area contributed by atoms with Gasteiger partial charge in [-0.15, -0.1) is 0 Å². The minimum atomic E-state index is -0.630. The first-order valence-corrected chi connectivity index (χ1v) is 5.53. The molecule has 0 aliphatic carbocycles. The molecule has 2 N–H and O–H groups in total. The minimum Gasteiger partial charge on any atom is -0.453 e.